The Balaban J connectivity index is 2.04. The van der Waals surface area contributed by atoms with Gasteiger partial charge >= 0.3 is 0 Å². The maximum Gasteiger partial charge on any atom is 0.242 e. The van der Waals surface area contributed by atoms with Crippen LogP contribution in [0.25, 0.3) is 0 Å². The van der Waals surface area contributed by atoms with Crippen molar-refractivity contribution in [2.24, 2.45) is 0 Å². The van der Waals surface area contributed by atoms with Gasteiger partial charge in [-0.3, -0.25) is 0 Å². The molecule has 0 spiro atoms. The molecule has 5 heteroatoms. The number of nitrogens with one attached hydrogen (secondary N) is 1. The molecule has 0 aromatic heterocycles. The van der Waals surface area contributed by atoms with E-state index in [2.05, 4.69) is 4.72 Å². The molecule has 20 heavy (non-hydrogen) atoms. The van der Waals surface area contributed by atoms with Crippen molar-refractivity contribution in [2.45, 2.75) is 18.2 Å². The number of aryl methyl sites for hydroxylation is 1. The Morgan fingerprint density at radius 3 is 2.45 bits per heavy atom. The molecule has 0 saturated carbocycles. The highest BCUT2D eigenvalue weighted by molar-refractivity contribution is 7.89. The Bertz CT molecular complexity index is 682. The van der Waals surface area contributed by atoms with Crippen LogP contribution in [-0.4, -0.2) is 15.0 Å². The first-order valence-corrected chi connectivity index (χ1v) is 7.87. The van der Waals surface area contributed by atoms with Gasteiger partial charge in [-0.25, -0.2) is 13.1 Å². The van der Waals surface area contributed by atoms with Crippen LogP contribution < -0.4 is 10.5 Å². The molecule has 0 saturated heterocycles. The van der Waals surface area contributed by atoms with Crippen molar-refractivity contribution in [3.63, 3.8) is 0 Å². The lowest BCUT2D eigenvalue weighted by molar-refractivity contribution is 0.582. The van der Waals surface area contributed by atoms with Crippen molar-refractivity contribution < 1.29 is 8.42 Å². The highest BCUT2D eigenvalue weighted by atomic mass is 32.2. The summed E-state index contributed by atoms with van der Waals surface area (Å²) in [7, 11) is -3.55. The first-order valence-electron chi connectivity index (χ1n) is 6.39. The molecule has 0 fully saturated rings. The van der Waals surface area contributed by atoms with Gasteiger partial charge in [0, 0.05) is 6.54 Å². The minimum atomic E-state index is -3.55. The third-order valence-corrected chi connectivity index (χ3v) is 4.54. The SMILES string of the molecule is Cc1ccc(S(=O)(=O)NCCc2ccccc2)c(N)c1. The van der Waals surface area contributed by atoms with Gasteiger partial charge in [-0.15, -0.1) is 0 Å². The second-order valence-corrected chi connectivity index (χ2v) is 6.41. The molecule has 2 aromatic rings. The summed E-state index contributed by atoms with van der Waals surface area (Å²) < 4.78 is 26.9. The Labute approximate surface area is 119 Å². The van der Waals surface area contributed by atoms with E-state index in [1.165, 1.54) is 6.07 Å². The molecule has 0 bridgehead atoms. The summed E-state index contributed by atoms with van der Waals surface area (Å²) in [5.41, 5.74) is 8.07. The van der Waals surface area contributed by atoms with Gasteiger partial charge in [0.2, 0.25) is 10.0 Å². The van der Waals surface area contributed by atoms with E-state index in [1.807, 2.05) is 37.3 Å². The fourth-order valence-electron chi connectivity index (χ4n) is 1.96. The first kappa shape index (κ1) is 14.6. The number of nitrogen functional groups attached to an aromatic ring is 1. The van der Waals surface area contributed by atoms with Crippen molar-refractivity contribution in [3.05, 3.63) is 59.7 Å². The maximum atomic E-state index is 12.2. The summed E-state index contributed by atoms with van der Waals surface area (Å²) in [4.78, 5) is 0.135. The number of rotatable bonds is 5. The molecular formula is C15H18N2O2S. The normalized spacial score (nSPS) is 11.4. The van der Waals surface area contributed by atoms with E-state index < -0.39 is 10.0 Å². The van der Waals surface area contributed by atoms with Gasteiger partial charge in [0.25, 0.3) is 0 Å². The fraction of sp³-hybridized carbons (Fsp3) is 0.200. The summed E-state index contributed by atoms with van der Waals surface area (Å²) in [5.74, 6) is 0. The number of hydrogen-bond acceptors (Lipinski definition) is 3. The van der Waals surface area contributed by atoms with Crippen LogP contribution in [-0.2, 0) is 16.4 Å². The lowest BCUT2D eigenvalue weighted by Gasteiger charge is -2.09. The molecule has 2 aromatic carbocycles. The predicted molar refractivity (Wildman–Crippen MR) is 80.9 cm³/mol. The lowest BCUT2D eigenvalue weighted by atomic mass is 10.2. The minimum Gasteiger partial charge on any atom is -0.398 e. The van der Waals surface area contributed by atoms with E-state index in [0.717, 1.165) is 11.1 Å². The van der Waals surface area contributed by atoms with Gasteiger partial charge in [0.05, 0.1) is 5.69 Å². The summed E-state index contributed by atoms with van der Waals surface area (Å²) in [6, 6.07) is 14.7. The van der Waals surface area contributed by atoms with Gasteiger partial charge in [0.15, 0.2) is 0 Å². The van der Waals surface area contributed by atoms with Crippen molar-refractivity contribution in [1.82, 2.24) is 4.72 Å². The molecule has 0 unspecified atom stereocenters. The zero-order valence-corrected chi connectivity index (χ0v) is 12.2. The summed E-state index contributed by atoms with van der Waals surface area (Å²) >= 11 is 0. The molecule has 106 valence electrons. The van der Waals surface area contributed by atoms with E-state index >= 15 is 0 Å². The van der Waals surface area contributed by atoms with Crippen LogP contribution in [0, 0.1) is 6.92 Å². The van der Waals surface area contributed by atoms with Crippen LogP contribution in [0.5, 0.6) is 0 Å². The van der Waals surface area contributed by atoms with Crippen LogP contribution in [0.1, 0.15) is 11.1 Å². The Hall–Kier alpha value is -1.85. The summed E-state index contributed by atoms with van der Waals surface area (Å²) in [6.07, 6.45) is 0.645. The van der Waals surface area contributed by atoms with Gasteiger partial charge in [-0.2, -0.15) is 0 Å². The zero-order valence-electron chi connectivity index (χ0n) is 11.3. The molecule has 0 aliphatic rings. The Morgan fingerprint density at radius 1 is 1.10 bits per heavy atom. The maximum absolute atomic E-state index is 12.2. The van der Waals surface area contributed by atoms with Crippen LogP contribution in [0.4, 0.5) is 5.69 Å². The van der Waals surface area contributed by atoms with Crippen LogP contribution >= 0.6 is 0 Å². The van der Waals surface area contributed by atoms with E-state index in [4.69, 9.17) is 5.73 Å². The third-order valence-electron chi connectivity index (χ3n) is 3.00. The van der Waals surface area contributed by atoms with Crippen molar-refractivity contribution in [3.8, 4) is 0 Å². The number of nitrogens with two attached hydrogens (primary N) is 1. The van der Waals surface area contributed by atoms with E-state index in [-0.39, 0.29) is 10.6 Å². The fourth-order valence-corrected chi connectivity index (χ4v) is 3.11. The monoisotopic (exact) mass is 290 g/mol. The van der Waals surface area contributed by atoms with Crippen molar-refractivity contribution in [1.29, 1.82) is 0 Å². The van der Waals surface area contributed by atoms with Gasteiger partial charge in [-0.05, 0) is 36.6 Å². The number of hydrogen-bond donors (Lipinski definition) is 2. The van der Waals surface area contributed by atoms with E-state index in [1.54, 1.807) is 12.1 Å². The number of sulfonamides is 1. The standard InChI is InChI=1S/C15H18N2O2S/c1-12-7-8-15(14(16)11-12)20(18,19)17-10-9-13-5-3-2-4-6-13/h2-8,11,17H,9-10,16H2,1H3. The molecule has 4 nitrogen and oxygen atoms in total. The van der Waals surface area contributed by atoms with Gasteiger partial charge < -0.3 is 5.73 Å². The molecule has 0 heterocycles. The largest absolute Gasteiger partial charge is 0.398 e. The first-order chi connectivity index (χ1) is 9.49. The average Bonchev–Trinajstić information content (AvgIpc) is 2.39. The second kappa shape index (κ2) is 6.07. The molecule has 0 radical (unpaired) electrons. The number of benzene rings is 2. The molecule has 0 atom stereocenters. The molecule has 0 aliphatic heterocycles. The van der Waals surface area contributed by atoms with Gasteiger partial charge in [-0.1, -0.05) is 36.4 Å². The molecule has 0 aliphatic carbocycles. The Morgan fingerprint density at radius 2 is 1.80 bits per heavy atom. The highest BCUT2D eigenvalue weighted by Gasteiger charge is 2.16. The van der Waals surface area contributed by atoms with Crippen LogP contribution in [0.15, 0.2) is 53.4 Å². The van der Waals surface area contributed by atoms with Crippen LogP contribution in [0.3, 0.4) is 0 Å². The predicted octanol–water partition coefficient (Wildman–Crippen LogP) is 2.10. The summed E-state index contributed by atoms with van der Waals surface area (Å²) in [6.45, 7) is 2.22. The third kappa shape index (κ3) is 3.59. The molecule has 3 N–H and O–H groups in total. The Kier molecular flexibility index (Phi) is 4.42. The average molecular weight is 290 g/mol. The van der Waals surface area contributed by atoms with Crippen LogP contribution in [0.2, 0.25) is 0 Å². The quantitative estimate of drug-likeness (QED) is 0.828. The van der Waals surface area contributed by atoms with E-state index in [0.29, 0.717) is 13.0 Å². The number of anilines is 1. The van der Waals surface area contributed by atoms with Gasteiger partial charge in [0.1, 0.15) is 4.90 Å². The lowest BCUT2D eigenvalue weighted by Crippen LogP contribution is -2.26. The minimum absolute atomic E-state index is 0.135. The highest BCUT2D eigenvalue weighted by Crippen LogP contribution is 2.19. The topological polar surface area (TPSA) is 72.2 Å². The summed E-state index contributed by atoms with van der Waals surface area (Å²) in [5, 5.41) is 0. The smallest absolute Gasteiger partial charge is 0.242 e. The zero-order chi connectivity index (χ0) is 14.6. The van der Waals surface area contributed by atoms with Crippen molar-refractivity contribution in [2.75, 3.05) is 12.3 Å². The van der Waals surface area contributed by atoms with E-state index in [9.17, 15) is 8.42 Å². The van der Waals surface area contributed by atoms with Crippen molar-refractivity contribution >= 4 is 15.7 Å². The molecule has 2 rings (SSSR count). The molecular weight excluding hydrogens is 272 g/mol. The second-order valence-electron chi connectivity index (χ2n) is 4.67. The molecule has 0 amide bonds.